The summed E-state index contributed by atoms with van der Waals surface area (Å²) in [5, 5.41) is 2.61. The molecule has 0 aromatic heterocycles. The van der Waals surface area contributed by atoms with Gasteiger partial charge in [-0.2, -0.15) is 13.2 Å². The van der Waals surface area contributed by atoms with Crippen molar-refractivity contribution in [2.45, 2.75) is 19.0 Å². The summed E-state index contributed by atoms with van der Waals surface area (Å²) in [5.74, 6) is 0. The van der Waals surface area contributed by atoms with Crippen LogP contribution in [-0.2, 0) is 4.74 Å². The molecule has 0 atom stereocenters. The second-order valence-corrected chi connectivity index (χ2v) is 3.42. The van der Waals surface area contributed by atoms with E-state index in [0.717, 1.165) is 0 Å². The Morgan fingerprint density at radius 3 is 2.23 bits per heavy atom. The van der Waals surface area contributed by atoms with Crippen molar-refractivity contribution in [1.29, 1.82) is 0 Å². The summed E-state index contributed by atoms with van der Waals surface area (Å²) in [7, 11) is 1.54. The molecule has 1 N–H and O–H groups in total. The molecule has 0 aromatic rings. The molecule has 0 bridgehead atoms. The summed E-state index contributed by atoms with van der Waals surface area (Å²) in [6.07, 6.45) is -3.99. The van der Waals surface area contributed by atoms with Gasteiger partial charge in [-0.25, -0.2) is 0 Å². The lowest BCUT2D eigenvalue weighted by Gasteiger charge is -2.38. The number of hydrogen-bond acceptors (Lipinski definition) is 2. The normalized spacial score (nSPS) is 23.1. The topological polar surface area (TPSA) is 21.3 Å². The van der Waals surface area contributed by atoms with E-state index in [1.165, 1.54) is 0 Å². The van der Waals surface area contributed by atoms with Crippen LogP contribution < -0.4 is 5.32 Å². The van der Waals surface area contributed by atoms with Crippen LogP contribution in [0.3, 0.4) is 0 Å². The molecule has 1 heterocycles. The third-order valence-corrected chi connectivity index (χ3v) is 2.57. The van der Waals surface area contributed by atoms with Gasteiger partial charge in [-0.05, 0) is 19.9 Å². The van der Waals surface area contributed by atoms with Crippen LogP contribution in [0.15, 0.2) is 0 Å². The van der Waals surface area contributed by atoms with E-state index in [4.69, 9.17) is 4.74 Å². The van der Waals surface area contributed by atoms with E-state index in [1.807, 2.05) is 0 Å². The fourth-order valence-corrected chi connectivity index (χ4v) is 1.66. The zero-order valence-electron chi connectivity index (χ0n) is 7.58. The smallest absolute Gasteiger partial charge is 0.381 e. The number of nitrogens with one attached hydrogen (secondary N) is 1. The highest BCUT2D eigenvalue weighted by molar-refractivity contribution is 4.90. The number of rotatable bonds is 2. The van der Waals surface area contributed by atoms with E-state index >= 15 is 0 Å². The fourth-order valence-electron chi connectivity index (χ4n) is 1.66. The zero-order valence-corrected chi connectivity index (χ0v) is 7.58. The van der Waals surface area contributed by atoms with Crippen LogP contribution in [0.5, 0.6) is 0 Å². The molecule has 0 unspecified atom stereocenters. The maximum Gasteiger partial charge on any atom is 0.395 e. The molecule has 0 amide bonds. The second kappa shape index (κ2) is 3.84. The molecule has 78 valence electrons. The first-order chi connectivity index (χ1) is 6.02. The number of hydrogen-bond donors (Lipinski definition) is 1. The highest BCUT2D eigenvalue weighted by Gasteiger charge is 2.54. The van der Waals surface area contributed by atoms with Crippen molar-refractivity contribution >= 4 is 0 Å². The first kappa shape index (κ1) is 10.8. The summed E-state index contributed by atoms with van der Waals surface area (Å²) >= 11 is 0. The molecule has 0 aliphatic carbocycles. The summed E-state index contributed by atoms with van der Waals surface area (Å²) in [4.78, 5) is 0. The zero-order chi connectivity index (χ0) is 9.95. The minimum absolute atomic E-state index is 0.0140. The van der Waals surface area contributed by atoms with Gasteiger partial charge in [0.25, 0.3) is 0 Å². The van der Waals surface area contributed by atoms with E-state index in [9.17, 15) is 13.2 Å². The lowest BCUT2D eigenvalue weighted by atomic mass is 9.79. The van der Waals surface area contributed by atoms with Crippen LogP contribution in [0.25, 0.3) is 0 Å². The third-order valence-electron chi connectivity index (χ3n) is 2.57. The minimum Gasteiger partial charge on any atom is -0.381 e. The second-order valence-electron chi connectivity index (χ2n) is 3.42. The summed E-state index contributed by atoms with van der Waals surface area (Å²) < 4.78 is 43.0. The van der Waals surface area contributed by atoms with Gasteiger partial charge in [0.05, 0.1) is 5.41 Å². The van der Waals surface area contributed by atoms with Crippen LogP contribution in [0.1, 0.15) is 12.8 Å². The van der Waals surface area contributed by atoms with Gasteiger partial charge in [-0.1, -0.05) is 0 Å². The van der Waals surface area contributed by atoms with Gasteiger partial charge in [0, 0.05) is 19.8 Å². The molecule has 0 spiro atoms. The predicted molar refractivity (Wildman–Crippen MR) is 42.5 cm³/mol. The minimum atomic E-state index is -4.13. The van der Waals surface area contributed by atoms with Gasteiger partial charge in [0.2, 0.25) is 0 Å². The van der Waals surface area contributed by atoms with Crippen LogP contribution in [-0.4, -0.2) is 33.0 Å². The molecule has 2 nitrogen and oxygen atoms in total. The Morgan fingerprint density at radius 1 is 1.31 bits per heavy atom. The SMILES string of the molecule is CNCC1(C(F)(F)F)CCOCC1. The average molecular weight is 197 g/mol. The molecule has 0 radical (unpaired) electrons. The molecule has 1 aliphatic rings. The van der Waals surface area contributed by atoms with Crippen molar-refractivity contribution in [3.63, 3.8) is 0 Å². The van der Waals surface area contributed by atoms with Crippen molar-refractivity contribution in [1.82, 2.24) is 5.32 Å². The molecule has 1 rings (SSSR count). The molecule has 1 fully saturated rings. The van der Waals surface area contributed by atoms with Crippen molar-refractivity contribution in [3.8, 4) is 0 Å². The summed E-state index contributed by atoms with van der Waals surface area (Å²) in [6.45, 7) is 0.405. The van der Waals surface area contributed by atoms with Crippen molar-refractivity contribution in [3.05, 3.63) is 0 Å². The van der Waals surface area contributed by atoms with Crippen molar-refractivity contribution in [2.75, 3.05) is 26.8 Å². The van der Waals surface area contributed by atoms with Gasteiger partial charge in [0.1, 0.15) is 0 Å². The molecule has 5 heteroatoms. The van der Waals surface area contributed by atoms with Gasteiger partial charge in [-0.3, -0.25) is 0 Å². The Balaban J connectivity index is 2.73. The molecule has 0 saturated carbocycles. The van der Waals surface area contributed by atoms with E-state index < -0.39 is 11.6 Å². The Bertz CT molecular complexity index is 158. The Hall–Kier alpha value is -0.290. The van der Waals surface area contributed by atoms with Crippen LogP contribution >= 0.6 is 0 Å². The van der Waals surface area contributed by atoms with E-state index in [0.29, 0.717) is 0 Å². The highest BCUT2D eigenvalue weighted by atomic mass is 19.4. The average Bonchev–Trinajstić information content (AvgIpc) is 2.04. The Labute approximate surface area is 75.4 Å². The molecule has 1 saturated heterocycles. The fraction of sp³-hybridized carbons (Fsp3) is 1.00. The predicted octanol–water partition coefficient (Wildman–Crippen LogP) is 1.56. The molecular weight excluding hydrogens is 183 g/mol. The third kappa shape index (κ3) is 2.14. The Morgan fingerprint density at radius 2 is 1.85 bits per heavy atom. The summed E-state index contributed by atoms with van der Waals surface area (Å²) in [6, 6.07) is 0. The van der Waals surface area contributed by atoms with Crippen molar-refractivity contribution in [2.24, 2.45) is 5.41 Å². The number of ether oxygens (including phenoxy) is 1. The Kier molecular flexibility index (Phi) is 3.18. The largest absolute Gasteiger partial charge is 0.395 e. The molecule has 13 heavy (non-hydrogen) atoms. The van der Waals surface area contributed by atoms with Gasteiger partial charge in [-0.15, -0.1) is 0 Å². The number of alkyl halides is 3. The van der Waals surface area contributed by atoms with Crippen LogP contribution in [0.2, 0.25) is 0 Å². The van der Waals surface area contributed by atoms with Gasteiger partial charge >= 0.3 is 6.18 Å². The van der Waals surface area contributed by atoms with E-state index in [2.05, 4.69) is 5.32 Å². The molecule has 1 aliphatic heterocycles. The lowest BCUT2D eigenvalue weighted by molar-refractivity contribution is -0.243. The maximum atomic E-state index is 12.7. The van der Waals surface area contributed by atoms with E-state index in [1.54, 1.807) is 7.05 Å². The first-order valence-corrected chi connectivity index (χ1v) is 4.31. The first-order valence-electron chi connectivity index (χ1n) is 4.31. The molecular formula is C8H14F3NO. The van der Waals surface area contributed by atoms with Crippen LogP contribution in [0, 0.1) is 5.41 Å². The monoisotopic (exact) mass is 197 g/mol. The van der Waals surface area contributed by atoms with Gasteiger partial charge in [0.15, 0.2) is 0 Å². The molecule has 0 aromatic carbocycles. The number of halogens is 3. The van der Waals surface area contributed by atoms with Crippen molar-refractivity contribution < 1.29 is 17.9 Å². The lowest BCUT2D eigenvalue weighted by Crippen LogP contribution is -2.48. The summed E-state index contributed by atoms with van der Waals surface area (Å²) in [5.41, 5.74) is -1.57. The van der Waals surface area contributed by atoms with Crippen LogP contribution in [0.4, 0.5) is 13.2 Å². The standard InChI is InChI=1S/C8H14F3NO/c1-12-6-7(8(9,10)11)2-4-13-5-3-7/h12H,2-6H2,1H3. The quantitative estimate of drug-likeness (QED) is 0.725. The maximum absolute atomic E-state index is 12.7. The van der Waals surface area contributed by atoms with Gasteiger partial charge < -0.3 is 10.1 Å². The van der Waals surface area contributed by atoms with E-state index in [-0.39, 0.29) is 32.6 Å². The highest BCUT2D eigenvalue weighted by Crippen LogP contribution is 2.45.